The highest BCUT2D eigenvalue weighted by atomic mass is 19.1. The van der Waals surface area contributed by atoms with Gasteiger partial charge in [-0.1, -0.05) is 51.1 Å². The van der Waals surface area contributed by atoms with Crippen LogP contribution in [0.2, 0.25) is 0 Å². The van der Waals surface area contributed by atoms with Crippen LogP contribution in [0.25, 0.3) is 6.08 Å². The van der Waals surface area contributed by atoms with E-state index in [0.717, 1.165) is 0 Å². The van der Waals surface area contributed by atoms with Gasteiger partial charge in [0.05, 0.1) is 12.1 Å². The van der Waals surface area contributed by atoms with E-state index in [2.05, 4.69) is 10.1 Å². The Morgan fingerprint density at radius 3 is 2.64 bits per heavy atom. The van der Waals surface area contributed by atoms with Gasteiger partial charge in [0.2, 0.25) is 0 Å². The van der Waals surface area contributed by atoms with Gasteiger partial charge in [0.15, 0.2) is 0 Å². The lowest BCUT2D eigenvalue weighted by Gasteiger charge is -2.32. The van der Waals surface area contributed by atoms with Crippen LogP contribution < -0.4 is 0 Å². The second kappa shape index (κ2) is 6.83. The lowest BCUT2D eigenvalue weighted by molar-refractivity contribution is 0.0134. The lowest BCUT2D eigenvalue weighted by Crippen LogP contribution is -2.35. The first-order valence-corrected chi connectivity index (χ1v) is 7.33. The van der Waals surface area contributed by atoms with Crippen molar-refractivity contribution in [2.24, 2.45) is 5.41 Å². The molecule has 4 nitrogen and oxygen atoms in total. The second-order valence-electron chi connectivity index (χ2n) is 6.41. The third-order valence-corrected chi connectivity index (χ3v) is 3.61. The lowest BCUT2D eigenvalue weighted by atomic mass is 9.83. The topological polar surface area (TPSA) is 50.9 Å². The molecule has 1 aromatic carbocycles. The van der Waals surface area contributed by atoms with Gasteiger partial charge in [-0.05, 0) is 17.9 Å². The van der Waals surface area contributed by atoms with Crippen molar-refractivity contribution in [2.75, 3.05) is 0 Å². The largest absolute Gasteiger partial charge is 0.390 e. The van der Waals surface area contributed by atoms with E-state index >= 15 is 0 Å². The van der Waals surface area contributed by atoms with Gasteiger partial charge in [-0.3, -0.25) is 0 Å². The van der Waals surface area contributed by atoms with E-state index < -0.39 is 6.10 Å². The van der Waals surface area contributed by atoms with Gasteiger partial charge in [-0.15, -0.1) is 0 Å². The van der Waals surface area contributed by atoms with Crippen LogP contribution in [0.5, 0.6) is 0 Å². The zero-order valence-electron chi connectivity index (χ0n) is 13.1. The fourth-order valence-electron chi connectivity index (χ4n) is 2.29. The standard InChI is InChI=1S/C17H22FN3O/c1-17(2,3)16(22)15(21-12-19-11-20-21)10-6-8-13-7-4-5-9-14(13)18/h4-9,11-12,15-16,22H,10H2,1-3H3/b8-6+. The van der Waals surface area contributed by atoms with Crippen LogP contribution in [0.3, 0.4) is 0 Å². The summed E-state index contributed by atoms with van der Waals surface area (Å²) in [6.07, 6.45) is 6.57. The molecule has 0 radical (unpaired) electrons. The summed E-state index contributed by atoms with van der Waals surface area (Å²) in [4.78, 5) is 3.94. The number of aromatic nitrogens is 3. The molecule has 2 atom stereocenters. The van der Waals surface area contributed by atoms with E-state index in [4.69, 9.17) is 0 Å². The van der Waals surface area contributed by atoms with Crippen molar-refractivity contribution in [1.82, 2.24) is 14.8 Å². The first-order chi connectivity index (χ1) is 10.4. The zero-order valence-corrected chi connectivity index (χ0v) is 13.1. The molecule has 0 bridgehead atoms. The van der Waals surface area contributed by atoms with Gasteiger partial charge in [0, 0.05) is 5.56 Å². The molecule has 1 aromatic heterocycles. The number of hydrogen-bond acceptors (Lipinski definition) is 3. The van der Waals surface area contributed by atoms with Crippen LogP contribution in [0.1, 0.15) is 38.8 Å². The first kappa shape index (κ1) is 16.4. The van der Waals surface area contributed by atoms with E-state index in [1.165, 1.54) is 12.4 Å². The normalized spacial score (nSPS) is 15.1. The van der Waals surface area contributed by atoms with Crippen molar-refractivity contribution in [3.05, 3.63) is 54.4 Å². The number of allylic oxidation sites excluding steroid dienone is 1. The highest BCUT2D eigenvalue weighted by Crippen LogP contribution is 2.30. The molecule has 1 heterocycles. The SMILES string of the molecule is CC(C)(C)C(O)C(C/C=C/c1ccccc1F)n1cncn1. The minimum Gasteiger partial charge on any atom is -0.390 e. The molecule has 0 spiro atoms. The fourth-order valence-corrected chi connectivity index (χ4v) is 2.29. The summed E-state index contributed by atoms with van der Waals surface area (Å²) in [5.41, 5.74) is 0.243. The van der Waals surface area contributed by atoms with Crippen molar-refractivity contribution in [3.8, 4) is 0 Å². The van der Waals surface area contributed by atoms with Gasteiger partial charge < -0.3 is 5.11 Å². The van der Waals surface area contributed by atoms with Crippen LogP contribution in [0.15, 0.2) is 43.0 Å². The zero-order chi connectivity index (χ0) is 16.2. The minimum absolute atomic E-state index is 0.245. The highest BCUT2D eigenvalue weighted by molar-refractivity contribution is 5.49. The number of halogens is 1. The van der Waals surface area contributed by atoms with Crippen LogP contribution in [0, 0.1) is 11.2 Å². The first-order valence-electron chi connectivity index (χ1n) is 7.33. The Balaban J connectivity index is 2.16. The molecule has 0 aliphatic heterocycles. The molecular formula is C17H22FN3O. The molecule has 0 saturated heterocycles. The Morgan fingerprint density at radius 2 is 2.05 bits per heavy atom. The second-order valence-corrected chi connectivity index (χ2v) is 6.41. The van der Waals surface area contributed by atoms with Gasteiger partial charge in [-0.2, -0.15) is 5.10 Å². The summed E-state index contributed by atoms with van der Waals surface area (Å²) in [5, 5.41) is 14.7. The molecule has 22 heavy (non-hydrogen) atoms. The van der Waals surface area contributed by atoms with E-state index in [-0.39, 0.29) is 17.3 Å². The molecule has 2 aromatic rings. The predicted octanol–water partition coefficient (Wildman–Crippen LogP) is 3.47. The van der Waals surface area contributed by atoms with Crippen molar-refractivity contribution in [1.29, 1.82) is 0 Å². The molecule has 5 heteroatoms. The molecule has 1 N–H and O–H groups in total. The van der Waals surface area contributed by atoms with Crippen molar-refractivity contribution in [3.63, 3.8) is 0 Å². The maximum absolute atomic E-state index is 13.6. The Morgan fingerprint density at radius 1 is 1.32 bits per heavy atom. The van der Waals surface area contributed by atoms with Gasteiger partial charge in [0.1, 0.15) is 18.5 Å². The summed E-state index contributed by atoms with van der Waals surface area (Å²) in [6, 6.07) is 6.36. The van der Waals surface area contributed by atoms with Crippen LogP contribution in [-0.4, -0.2) is 26.0 Å². The number of benzene rings is 1. The highest BCUT2D eigenvalue weighted by Gasteiger charge is 2.31. The summed E-state index contributed by atoms with van der Waals surface area (Å²) in [7, 11) is 0. The molecule has 2 unspecified atom stereocenters. The fraction of sp³-hybridized carbons (Fsp3) is 0.412. The van der Waals surface area contributed by atoms with Gasteiger partial charge in [-0.25, -0.2) is 14.1 Å². The van der Waals surface area contributed by atoms with Crippen LogP contribution in [0.4, 0.5) is 4.39 Å². The Labute approximate surface area is 130 Å². The van der Waals surface area contributed by atoms with Crippen molar-refractivity contribution < 1.29 is 9.50 Å². The Bertz CT molecular complexity index is 617. The smallest absolute Gasteiger partial charge is 0.137 e. The van der Waals surface area contributed by atoms with E-state index in [9.17, 15) is 9.50 Å². The number of rotatable bonds is 5. The molecule has 2 rings (SSSR count). The molecule has 118 valence electrons. The average Bonchev–Trinajstić information content (AvgIpc) is 2.97. The molecule has 0 amide bonds. The maximum Gasteiger partial charge on any atom is 0.137 e. The summed E-state index contributed by atoms with van der Waals surface area (Å²) < 4.78 is 15.3. The summed E-state index contributed by atoms with van der Waals surface area (Å²) >= 11 is 0. The van der Waals surface area contributed by atoms with E-state index in [0.29, 0.717) is 12.0 Å². The molecule has 0 saturated carbocycles. The average molecular weight is 303 g/mol. The Hall–Kier alpha value is -2.01. The maximum atomic E-state index is 13.6. The predicted molar refractivity (Wildman–Crippen MR) is 84.6 cm³/mol. The third kappa shape index (κ3) is 4.01. The third-order valence-electron chi connectivity index (χ3n) is 3.61. The van der Waals surface area contributed by atoms with Gasteiger partial charge in [0.25, 0.3) is 0 Å². The van der Waals surface area contributed by atoms with E-state index in [1.54, 1.807) is 35.3 Å². The molecule has 0 aliphatic rings. The van der Waals surface area contributed by atoms with Crippen molar-refractivity contribution in [2.45, 2.75) is 39.3 Å². The number of aliphatic hydroxyl groups excluding tert-OH is 1. The number of hydrogen-bond donors (Lipinski definition) is 1. The van der Waals surface area contributed by atoms with Gasteiger partial charge >= 0.3 is 0 Å². The summed E-state index contributed by atoms with van der Waals surface area (Å²) in [5.74, 6) is -0.257. The quantitative estimate of drug-likeness (QED) is 0.920. The minimum atomic E-state index is -0.598. The molecule has 0 fully saturated rings. The Kier molecular flexibility index (Phi) is 5.08. The number of nitrogens with zero attached hydrogens (tertiary/aromatic N) is 3. The van der Waals surface area contributed by atoms with Crippen LogP contribution >= 0.6 is 0 Å². The summed E-state index contributed by atoms with van der Waals surface area (Å²) in [6.45, 7) is 5.92. The molecular weight excluding hydrogens is 281 g/mol. The monoisotopic (exact) mass is 303 g/mol. The number of aliphatic hydroxyl groups is 1. The van der Waals surface area contributed by atoms with Crippen LogP contribution in [-0.2, 0) is 0 Å². The van der Waals surface area contributed by atoms with E-state index in [1.807, 2.05) is 26.8 Å². The molecule has 0 aliphatic carbocycles. The van der Waals surface area contributed by atoms with Crippen molar-refractivity contribution >= 4 is 6.08 Å².